The highest BCUT2D eigenvalue weighted by atomic mass is 16.5. The van der Waals surface area contributed by atoms with Gasteiger partial charge in [0.1, 0.15) is 23.0 Å². The summed E-state index contributed by atoms with van der Waals surface area (Å²) in [5.41, 5.74) is 2.69. The molecule has 4 rings (SSSR count). The van der Waals surface area contributed by atoms with Crippen LogP contribution in [0.15, 0.2) is 65.5 Å². The molecule has 2 aromatic heterocycles. The van der Waals surface area contributed by atoms with Gasteiger partial charge in [-0.05, 0) is 61.9 Å². The van der Waals surface area contributed by atoms with E-state index in [1.54, 1.807) is 31.4 Å². The Bertz CT molecular complexity index is 1350. The fourth-order valence-corrected chi connectivity index (χ4v) is 3.29. The summed E-state index contributed by atoms with van der Waals surface area (Å²) in [5.74, 6) is 1.16. The molecule has 34 heavy (non-hydrogen) atoms. The fraction of sp³-hybridized carbons (Fsp3) is 0.160. The molecule has 172 valence electrons. The van der Waals surface area contributed by atoms with Gasteiger partial charge in [0.15, 0.2) is 0 Å². The van der Waals surface area contributed by atoms with Crippen LogP contribution in [-0.4, -0.2) is 33.0 Å². The Morgan fingerprint density at radius 1 is 0.912 bits per heavy atom. The number of H-pyrrole nitrogens is 1. The average Bonchev–Trinajstić information content (AvgIpc) is 2.80. The van der Waals surface area contributed by atoms with Crippen LogP contribution in [0, 0.1) is 13.8 Å². The van der Waals surface area contributed by atoms with E-state index in [4.69, 9.17) is 9.47 Å². The van der Waals surface area contributed by atoms with Crippen molar-refractivity contribution in [2.45, 2.75) is 20.3 Å². The molecule has 2 aromatic carbocycles. The molecule has 0 atom stereocenters. The zero-order valence-electron chi connectivity index (χ0n) is 19.0. The van der Waals surface area contributed by atoms with Gasteiger partial charge in [-0.1, -0.05) is 12.1 Å². The second-order valence-electron chi connectivity index (χ2n) is 7.62. The first-order valence-electron chi connectivity index (χ1n) is 10.5. The maximum absolute atomic E-state index is 12.7. The van der Waals surface area contributed by atoms with Crippen molar-refractivity contribution < 1.29 is 14.3 Å². The third-order valence-electron chi connectivity index (χ3n) is 4.84. The molecule has 2 N–H and O–H groups in total. The van der Waals surface area contributed by atoms with Crippen LogP contribution in [0.4, 0.5) is 5.69 Å². The van der Waals surface area contributed by atoms with Gasteiger partial charge in [0, 0.05) is 29.6 Å². The number of carbonyl (C=O) groups excluding carboxylic acids is 1. The van der Waals surface area contributed by atoms with Crippen LogP contribution in [0.25, 0.3) is 0 Å². The van der Waals surface area contributed by atoms with Crippen LogP contribution in [0.5, 0.6) is 17.5 Å². The molecule has 0 aliphatic carbocycles. The Kier molecular flexibility index (Phi) is 6.63. The summed E-state index contributed by atoms with van der Waals surface area (Å²) in [5, 5.41) is 2.74. The standard InChI is InChI=1S/C25H23N5O4/c1-15-12-16(2)27-25(26-15)34-20-10-6-18(7-11-20)28-24(32)21-14-23(31)30-22(29-21)13-17-4-8-19(33-3)9-5-17/h4-12,14H,13H2,1-3H3,(H,28,32)(H,29,30,31). The zero-order valence-corrected chi connectivity index (χ0v) is 19.0. The van der Waals surface area contributed by atoms with E-state index in [2.05, 4.69) is 25.3 Å². The Hall–Kier alpha value is -4.53. The van der Waals surface area contributed by atoms with E-state index >= 15 is 0 Å². The number of anilines is 1. The first-order valence-corrected chi connectivity index (χ1v) is 10.5. The lowest BCUT2D eigenvalue weighted by molar-refractivity contribution is 0.102. The number of aromatic nitrogens is 4. The number of rotatable bonds is 7. The van der Waals surface area contributed by atoms with Gasteiger partial charge in [0.05, 0.1) is 7.11 Å². The fourth-order valence-electron chi connectivity index (χ4n) is 3.29. The van der Waals surface area contributed by atoms with Crippen LogP contribution < -0.4 is 20.3 Å². The van der Waals surface area contributed by atoms with Gasteiger partial charge < -0.3 is 19.8 Å². The SMILES string of the molecule is COc1ccc(Cc2nc(C(=O)Nc3ccc(Oc4nc(C)cc(C)n4)cc3)cc(=O)[nH]2)cc1. The van der Waals surface area contributed by atoms with E-state index < -0.39 is 11.5 Å². The molecular weight excluding hydrogens is 434 g/mol. The Labute approximate surface area is 195 Å². The number of ether oxygens (including phenoxy) is 2. The summed E-state index contributed by atoms with van der Waals surface area (Å²) >= 11 is 0. The molecule has 0 radical (unpaired) electrons. The molecule has 2 heterocycles. The molecule has 4 aromatic rings. The van der Waals surface area contributed by atoms with Crippen molar-refractivity contribution in [2.75, 3.05) is 12.4 Å². The third kappa shape index (κ3) is 5.83. The highest BCUT2D eigenvalue weighted by Crippen LogP contribution is 2.21. The number of benzene rings is 2. The number of aromatic amines is 1. The van der Waals surface area contributed by atoms with Gasteiger partial charge in [-0.15, -0.1) is 0 Å². The first-order chi connectivity index (χ1) is 16.4. The molecule has 0 aliphatic heterocycles. The first kappa shape index (κ1) is 22.7. The zero-order chi connectivity index (χ0) is 24.1. The highest BCUT2D eigenvalue weighted by molar-refractivity contribution is 6.02. The number of nitrogens with one attached hydrogen (secondary N) is 2. The molecule has 0 saturated carbocycles. The quantitative estimate of drug-likeness (QED) is 0.433. The van der Waals surface area contributed by atoms with Gasteiger partial charge in [-0.25, -0.2) is 15.0 Å². The van der Waals surface area contributed by atoms with Crippen LogP contribution in [0.3, 0.4) is 0 Å². The number of carbonyl (C=O) groups is 1. The van der Waals surface area contributed by atoms with Crippen molar-refractivity contribution >= 4 is 11.6 Å². The summed E-state index contributed by atoms with van der Waals surface area (Å²) < 4.78 is 10.8. The summed E-state index contributed by atoms with van der Waals surface area (Å²) in [6.07, 6.45) is 0.368. The number of aryl methyl sites for hydroxylation is 2. The lowest BCUT2D eigenvalue weighted by Crippen LogP contribution is -2.20. The predicted molar refractivity (Wildman–Crippen MR) is 127 cm³/mol. The largest absolute Gasteiger partial charge is 0.497 e. The molecule has 9 heteroatoms. The molecular formula is C25H23N5O4. The Morgan fingerprint density at radius 2 is 1.56 bits per heavy atom. The lowest BCUT2D eigenvalue weighted by Gasteiger charge is -2.09. The monoisotopic (exact) mass is 457 g/mol. The number of amides is 1. The van der Waals surface area contributed by atoms with Gasteiger partial charge in [-0.2, -0.15) is 0 Å². The number of hydrogen-bond acceptors (Lipinski definition) is 7. The molecule has 0 unspecified atom stereocenters. The molecule has 1 amide bonds. The normalized spacial score (nSPS) is 10.6. The smallest absolute Gasteiger partial charge is 0.322 e. The lowest BCUT2D eigenvalue weighted by atomic mass is 10.1. The molecule has 9 nitrogen and oxygen atoms in total. The van der Waals surface area contributed by atoms with Crippen molar-refractivity contribution in [3.63, 3.8) is 0 Å². The van der Waals surface area contributed by atoms with Crippen molar-refractivity contribution in [1.82, 2.24) is 19.9 Å². The van der Waals surface area contributed by atoms with E-state index in [0.717, 1.165) is 22.7 Å². The van der Waals surface area contributed by atoms with Gasteiger partial charge in [-0.3, -0.25) is 9.59 Å². The minimum Gasteiger partial charge on any atom is -0.497 e. The summed E-state index contributed by atoms with van der Waals surface area (Å²) in [4.78, 5) is 40.3. The second-order valence-corrected chi connectivity index (χ2v) is 7.62. The number of nitrogens with zero attached hydrogens (tertiary/aromatic N) is 3. The molecule has 0 fully saturated rings. The van der Waals surface area contributed by atoms with Crippen LogP contribution in [0.1, 0.15) is 33.3 Å². The average molecular weight is 457 g/mol. The summed E-state index contributed by atoms with van der Waals surface area (Å²) in [6.45, 7) is 3.73. The van der Waals surface area contributed by atoms with Crippen molar-refractivity contribution in [2.24, 2.45) is 0 Å². The van der Waals surface area contributed by atoms with E-state index in [1.807, 2.05) is 44.2 Å². The van der Waals surface area contributed by atoms with Gasteiger partial charge >= 0.3 is 6.01 Å². The Morgan fingerprint density at radius 3 is 2.21 bits per heavy atom. The molecule has 0 spiro atoms. The van der Waals surface area contributed by atoms with Crippen LogP contribution in [-0.2, 0) is 6.42 Å². The topological polar surface area (TPSA) is 119 Å². The second kappa shape index (κ2) is 9.95. The van der Waals surface area contributed by atoms with Crippen molar-refractivity contribution in [1.29, 1.82) is 0 Å². The van der Waals surface area contributed by atoms with Crippen LogP contribution >= 0.6 is 0 Å². The van der Waals surface area contributed by atoms with Crippen molar-refractivity contribution in [3.8, 4) is 17.5 Å². The van der Waals surface area contributed by atoms with E-state index in [9.17, 15) is 9.59 Å². The van der Waals surface area contributed by atoms with Crippen LogP contribution in [0.2, 0.25) is 0 Å². The van der Waals surface area contributed by atoms with Crippen molar-refractivity contribution in [3.05, 3.63) is 99.5 Å². The minimum atomic E-state index is -0.492. The maximum atomic E-state index is 12.7. The minimum absolute atomic E-state index is 0.0243. The van der Waals surface area contributed by atoms with Gasteiger partial charge in [0.2, 0.25) is 0 Å². The third-order valence-corrected chi connectivity index (χ3v) is 4.84. The molecule has 0 bridgehead atoms. The summed E-state index contributed by atoms with van der Waals surface area (Å²) in [6, 6.07) is 17.4. The molecule has 0 aliphatic rings. The van der Waals surface area contributed by atoms with E-state index in [1.165, 1.54) is 6.07 Å². The van der Waals surface area contributed by atoms with Gasteiger partial charge in [0.25, 0.3) is 11.5 Å². The summed E-state index contributed by atoms with van der Waals surface area (Å²) in [7, 11) is 1.59. The number of hydrogen-bond donors (Lipinski definition) is 2. The Balaban J connectivity index is 1.44. The van der Waals surface area contributed by atoms with E-state index in [-0.39, 0.29) is 11.7 Å². The van der Waals surface area contributed by atoms with E-state index in [0.29, 0.717) is 23.7 Å². The molecule has 0 saturated heterocycles. The maximum Gasteiger partial charge on any atom is 0.322 e. The predicted octanol–water partition coefficient (Wildman–Crippen LogP) is 3.82. The number of methoxy groups -OCH3 is 1. The highest BCUT2D eigenvalue weighted by Gasteiger charge is 2.12.